The van der Waals surface area contributed by atoms with E-state index < -0.39 is 0 Å². The van der Waals surface area contributed by atoms with Gasteiger partial charge in [0.25, 0.3) is 11.5 Å². The lowest BCUT2D eigenvalue weighted by Crippen LogP contribution is -2.34. The maximum Gasteiger partial charge on any atom is 0.267 e. The van der Waals surface area contributed by atoms with E-state index >= 15 is 0 Å². The minimum Gasteiger partial charge on any atom is -0.350 e. The summed E-state index contributed by atoms with van der Waals surface area (Å²) in [5.41, 5.74) is 2.73. The fourth-order valence-corrected chi connectivity index (χ4v) is 3.19. The number of carbonyl (C=O) groups excluding carboxylic acids is 1. The number of benzene rings is 2. The molecule has 0 spiro atoms. The SMILES string of the molecule is O=C(NC[C@H]1Cc2ccccc21)c1cc2ccccc2c(=O)[nH]1. The van der Waals surface area contributed by atoms with Gasteiger partial charge in [0.2, 0.25) is 0 Å². The molecule has 1 aliphatic rings. The van der Waals surface area contributed by atoms with Gasteiger partial charge in [-0.3, -0.25) is 9.59 Å². The van der Waals surface area contributed by atoms with E-state index in [4.69, 9.17) is 0 Å². The van der Waals surface area contributed by atoms with E-state index in [0.29, 0.717) is 23.5 Å². The molecular weight excluding hydrogens is 288 g/mol. The number of hydrogen-bond acceptors (Lipinski definition) is 2. The maximum absolute atomic E-state index is 12.3. The number of carbonyl (C=O) groups is 1. The van der Waals surface area contributed by atoms with Crippen molar-refractivity contribution in [3.63, 3.8) is 0 Å². The first-order valence-electron chi connectivity index (χ1n) is 7.70. The Kier molecular flexibility index (Phi) is 3.23. The minimum atomic E-state index is -0.239. The standard InChI is InChI=1S/C19H16N2O2/c22-18-16-8-4-2-6-13(16)10-17(21-18)19(23)20-11-14-9-12-5-1-3-7-15(12)14/h1-8,10,14H,9,11H2,(H,20,23)(H,21,22)/t14-/m1/s1. The van der Waals surface area contributed by atoms with Gasteiger partial charge < -0.3 is 10.3 Å². The Labute approximate surface area is 133 Å². The molecule has 4 heteroatoms. The van der Waals surface area contributed by atoms with Crippen LogP contribution in [0, 0.1) is 0 Å². The van der Waals surface area contributed by atoms with Crippen LogP contribution in [0.15, 0.2) is 59.4 Å². The predicted molar refractivity (Wildman–Crippen MR) is 89.8 cm³/mol. The molecule has 0 aliphatic heterocycles. The average molecular weight is 304 g/mol. The third-order valence-electron chi connectivity index (χ3n) is 4.47. The first-order chi connectivity index (χ1) is 11.2. The molecule has 4 rings (SSSR count). The van der Waals surface area contributed by atoms with Gasteiger partial charge in [0, 0.05) is 17.8 Å². The summed E-state index contributed by atoms with van der Waals surface area (Å²) in [5, 5.41) is 4.29. The smallest absolute Gasteiger partial charge is 0.267 e. The first kappa shape index (κ1) is 13.8. The molecule has 1 amide bonds. The second kappa shape index (κ2) is 5.39. The van der Waals surface area contributed by atoms with E-state index in [1.807, 2.05) is 30.3 Å². The number of aromatic amines is 1. The van der Waals surface area contributed by atoms with Crippen LogP contribution in [0.2, 0.25) is 0 Å². The number of hydrogen-bond donors (Lipinski definition) is 2. The number of rotatable bonds is 3. The molecule has 0 saturated carbocycles. The lowest BCUT2D eigenvalue weighted by atomic mass is 9.77. The summed E-state index contributed by atoms with van der Waals surface area (Å²) in [5.74, 6) is 0.125. The summed E-state index contributed by atoms with van der Waals surface area (Å²) in [7, 11) is 0. The normalized spacial score (nSPS) is 15.7. The third-order valence-corrected chi connectivity index (χ3v) is 4.47. The molecule has 23 heavy (non-hydrogen) atoms. The molecule has 114 valence electrons. The molecule has 0 unspecified atom stereocenters. The zero-order valence-electron chi connectivity index (χ0n) is 12.5. The minimum absolute atomic E-state index is 0.234. The Morgan fingerprint density at radius 2 is 1.91 bits per heavy atom. The van der Waals surface area contributed by atoms with Gasteiger partial charge in [-0.2, -0.15) is 0 Å². The van der Waals surface area contributed by atoms with Gasteiger partial charge in [-0.05, 0) is 35.1 Å². The highest BCUT2D eigenvalue weighted by Crippen LogP contribution is 2.33. The Bertz CT molecular complexity index is 959. The lowest BCUT2D eigenvalue weighted by Gasteiger charge is -2.30. The van der Waals surface area contributed by atoms with Crippen LogP contribution in [-0.2, 0) is 6.42 Å². The Morgan fingerprint density at radius 3 is 2.78 bits per heavy atom. The van der Waals surface area contributed by atoms with E-state index in [1.165, 1.54) is 11.1 Å². The molecule has 2 aromatic carbocycles. The van der Waals surface area contributed by atoms with Crippen molar-refractivity contribution < 1.29 is 4.79 Å². The molecular formula is C19H16N2O2. The zero-order valence-corrected chi connectivity index (χ0v) is 12.5. The molecule has 0 bridgehead atoms. The number of H-pyrrole nitrogens is 1. The van der Waals surface area contributed by atoms with Gasteiger partial charge in [-0.1, -0.05) is 42.5 Å². The van der Waals surface area contributed by atoms with Crippen molar-refractivity contribution in [1.29, 1.82) is 0 Å². The second-order valence-corrected chi connectivity index (χ2v) is 5.91. The number of amides is 1. The van der Waals surface area contributed by atoms with Crippen LogP contribution in [0.5, 0.6) is 0 Å². The van der Waals surface area contributed by atoms with Gasteiger partial charge >= 0.3 is 0 Å². The van der Waals surface area contributed by atoms with Crippen LogP contribution in [-0.4, -0.2) is 17.4 Å². The first-order valence-corrected chi connectivity index (χ1v) is 7.70. The Morgan fingerprint density at radius 1 is 1.13 bits per heavy atom. The molecule has 1 aliphatic carbocycles. The highest BCUT2D eigenvalue weighted by Gasteiger charge is 2.25. The zero-order chi connectivity index (χ0) is 15.8. The van der Waals surface area contributed by atoms with Crippen molar-refractivity contribution in [3.8, 4) is 0 Å². The third kappa shape index (κ3) is 2.42. The molecule has 0 fully saturated rings. The van der Waals surface area contributed by atoms with Crippen LogP contribution in [0.4, 0.5) is 0 Å². The fraction of sp³-hybridized carbons (Fsp3) is 0.158. The monoisotopic (exact) mass is 304 g/mol. The molecule has 2 N–H and O–H groups in total. The van der Waals surface area contributed by atoms with Crippen molar-refractivity contribution >= 4 is 16.7 Å². The summed E-state index contributed by atoms with van der Waals surface area (Å²) in [6, 6.07) is 17.3. The highest BCUT2D eigenvalue weighted by atomic mass is 16.2. The topological polar surface area (TPSA) is 62.0 Å². The molecule has 1 heterocycles. The summed E-state index contributed by atoms with van der Waals surface area (Å²) >= 11 is 0. The second-order valence-electron chi connectivity index (χ2n) is 5.91. The van der Waals surface area contributed by atoms with E-state index in [9.17, 15) is 9.59 Å². The Balaban J connectivity index is 1.51. The summed E-state index contributed by atoms with van der Waals surface area (Å²) in [4.78, 5) is 27.0. The molecule has 1 aromatic heterocycles. The number of fused-ring (bicyclic) bond motifs is 2. The van der Waals surface area contributed by atoms with Crippen LogP contribution in [0.25, 0.3) is 10.8 Å². The Hall–Kier alpha value is -2.88. The van der Waals surface area contributed by atoms with Gasteiger partial charge in [-0.25, -0.2) is 0 Å². The van der Waals surface area contributed by atoms with Crippen LogP contribution in [0.3, 0.4) is 0 Å². The van der Waals surface area contributed by atoms with Crippen molar-refractivity contribution in [2.45, 2.75) is 12.3 Å². The van der Waals surface area contributed by atoms with Crippen molar-refractivity contribution in [1.82, 2.24) is 10.3 Å². The van der Waals surface area contributed by atoms with Crippen LogP contribution >= 0.6 is 0 Å². The molecule has 4 nitrogen and oxygen atoms in total. The molecule has 0 radical (unpaired) electrons. The predicted octanol–water partition coefficient (Wildman–Crippen LogP) is 2.60. The van der Waals surface area contributed by atoms with Crippen molar-refractivity contribution in [2.24, 2.45) is 0 Å². The van der Waals surface area contributed by atoms with Crippen LogP contribution in [0.1, 0.15) is 27.5 Å². The van der Waals surface area contributed by atoms with E-state index in [0.717, 1.165) is 11.8 Å². The molecule has 1 atom stereocenters. The summed E-state index contributed by atoms with van der Waals surface area (Å²) in [6.07, 6.45) is 0.991. The van der Waals surface area contributed by atoms with Crippen molar-refractivity contribution in [3.05, 3.63) is 81.8 Å². The number of pyridine rings is 1. The van der Waals surface area contributed by atoms with Crippen molar-refractivity contribution in [2.75, 3.05) is 6.54 Å². The van der Waals surface area contributed by atoms with E-state index in [2.05, 4.69) is 22.4 Å². The highest BCUT2D eigenvalue weighted by molar-refractivity contribution is 5.96. The largest absolute Gasteiger partial charge is 0.350 e. The molecule has 3 aromatic rings. The quantitative estimate of drug-likeness (QED) is 0.781. The van der Waals surface area contributed by atoms with E-state index in [-0.39, 0.29) is 11.5 Å². The summed E-state index contributed by atoms with van der Waals surface area (Å²) in [6.45, 7) is 0.588. The van der Waals surface area contributed by atoms with Crippen LogP contribution < -0.4 is 10.9 Å². The number of nitrogens with one attached hydrogen (secondary N) is 2. The van der Waals surface area contributed by atoms with Gasteiger partial charge in [0.1, 0.15) is 5.69 Å². The lowest BCUT2D eigenvalue weighted by molar-refractivity contribution is 0.0945. The fourth-order valence-electron chi connectivity index (χ4n) is 3.19. The summed E-state index contributed by atoms with van der Waals surface area (Å²) < 4.78 is 0. The maximum atomic E-state index is 12.3. The molecule has 0 saturated heterocycles. The average Bonchev–Trinajstić information content (AvgIpc) is 2.55. The van der Waals surface area contributed by atoms with Gasteiger partial charge in [0.15, 0.2) is 0 Å². The van der Waals surface area contributed by atoms with E-state index in [1.54, 1.807) is 12.1 Å². The van der Waals surface area contributed by atoms with Gasteiger partial charge in [-0.15, -0.1) is 0 Å². The number of aromatic nitrogens is 1. The van der Waals surface area contributed by atoms with Gasteiger partial charge in [0.05, 0.1) is 0 Å².